The van der Waals surface area contributed by atoms with Crippen LogP contribution in [0.4, 0.5) is 0 Å². The van der Waals surface area contributed by atoms with Crippen molar-refractivity contribution in [3.63, 3.8) is 0 Å². The van der Waals surface area contributed by atoms with Crippen LogP contribution in [0.1, 0.15) is 39.2 Å². The van der Waals surface area contributed by atoms with E-state index in [1.807, 2.05) is 54.9 Å². The van der Waals surface area contributed by atoms with Crippen LogP contribution in [0.25, 0.3) is 0 Å². The zero-order valence-electron chi connectivity index (χ0n) is 13.9. The third kappa shape index (κ3) is 5.36. The van der Waals surface area contributed by atoms with E-state index in [1.165, 1.54) is 0 Å². The molecule has 0 amide bonds. The second-order valence-electron chi connectivity index (χ2n) is 4.98. The lowest BCUT2D eigenvalue weighted by Crippen LogP contribution is -2.32. The first kappa shape index (κ1) is 19.1. The Morgan fingerprint density at radius 3 is 2.23 bits per heavy atom. The molecule has 22 heavy (non-hydrogen) atoms. The Morgan fingerprint density at radius 1 is 1.18 bits per heavy atom. The maximum atomic E-state index is 13.2. The molecule has 1 aromatic carbocycles. The van der Waals surface area contributed by atoms with E-state index in [0.717, 1.165) is 18.4 Å². The molecule has 0 heterocycles. The molecule has 0 aromatic heterocycles. The Bertz CT molecular complexity index is 468. The summed E-state index contributed by atoms with van der Waals surface area (Å²) in [6, 6.07) is 9.90. The fourth-order valence-electron chi connectivity index (χ4n) is 2.35. The van der Waals surface area contributed by atoms with Crippen molar-refractivity contribution in [2.24, 2.45) is 0 Å². The van der Waals surface area contributed by atoms with Crippen molar-refractivity contribution in [3.8, 4) is 0 Å². The lowest BCUT2D eigenvalue weighted by atomic mass is 10.1. The van der Waals surface area contributed by atoms with Crippen molar-refractivity contribution in [1.29, 1.82) is 0 Å². The van der Waals surface area contributed by atoms with Crippen molar-refractivity contribution >= 4 is 7.75 Å². The minimum atomic E-state index is -3.34. The van der Waals surface area contributed by atoms with Crippen LogP contribution in [0, 0.1) is 0 Å². The molecule has 1 unspecified atom stereocenters. The zero-order chi connectivity index (χ0) is 16.4. The third-order valence-electron chi connectivity index (χ3n) is 3.33. The molecule has 0 aliphatic heterocycles. The third-order valence-corrected chi connectivity index (χ3v) is 5.56. The van der Waals surface area contributed by atoms with Crippen LogP contribution >= 0.6 is 7.75 Å². The highest BCUT2D eigenvalue weighted by Crippen LogP contribution is 2.54. The average molecular weight is 325 g/mol. The standard InChI is InChI=1S/C17H28NO3P/c1-5-12-17(6-2)18(15-16-13-10-9-11-14-16)22(19,20-7-3)21-8-4/h6,9-11,13-14,17H,2,5,7-8,12,15H2,1,3-4H3. The Morgan fingerprint density at radius 2 is 1.77 bits per heavy atom. The molecule has 0 bridgehead atoms. The average Bonchev–Trinajstić information content (AvgIpc) is 2.52. The molecular formula is C17H28NO3P. The topological polar surface area (TPSA) is 38.8 Å². The fraction of sp³-hybridized carbons (Fsp3) is 0.529. The van der Waals surface area contributed by atoms with Gasteiger partial charge in [-0.15, -0.1) is 6.58 Å². The van der Waals surface area contributed by atoms with Gasteiger partial charge < -0.3 is 0 Å². The quantitative estimate of drug-likeness (QED) is 0.423. The second-order valence-corrected chi connectivity index (χ2v) is 6.95. The lowest BCUT2D eigenvalue weighted by molar-refractivity contribution is 0.151. The van der Waals surface area contributed by atoms with Gasteiger partial charge in [-0.1, -0.05) is 49.8 Å². The largest absolute Gasteiger partial charge is 0.408 e. The molecule has 0 radical (unpaired) electrons. The van der Waals surface area contributed by atoms with Crippen LogP contribution in [-0.4, -0.2) is 23.9 Å². The van der Waals surface area contributed by atoms with Gasteiger partial charge in [-0.05, 0) is 25.8 Å². The minimum Gasteiger partial charge on any atom is -0.297 e. The molecule has 4 nitrogen and oxygen atoms in total. The summed E-state index contributed by atoms with van der Waals surface area (Å²) in [6.07, 6.45) is 3.66. The molecule has 5 heteroatoms. The van der Waals surface area contributed by atoms with E-state index in [0.29, 0.717) is 19.8 Å². The summed E-state index contributed by atoms with van der Waals surface area (Å²) in [4.78, 5) is 0. The van der Waals surface area contributed by atoms with Crippen molar-refractivity contribution in [1.82, 2.24) is 4.67 Å². The minimum absolute atomic E-state index is 0.0471. The normalized spacial score (nSPS) is 13.3. The monoisotopic (exact) mass is 325 g/mol. The lowest BCUT2D eigenvalue weighted by Gasteiger charge is -2.34. The predicted octanol–water partition coefficient (Wildman–Crippen LogP) is 5.02. The molecule has 0 N–H and O–H groups in total. The van der Waals surface area contributed by atoms with E-state index < -0.39 is 7.75 Å². The van der Waals surface area contributed by atoms with Crippen LogP contribution in [0.5, 0.6) is 0 Å². The summed E-state index contributed by atoms with van der Waals surface area (Å²) in [5.74, 6) is 0. The predicted molar refractivity (Wildman–Crippen MR) is 91.7 cm³/mol. The van der Waals surface area contributed by atoms with E-state index in [9.17, 15) is 4.57 Å². The summed E-state index contributed by atoms with van der Waals surface area (Å²) >= 11 is 0. The Labute approximate surface area is 134 Å². The van der Waals surface area contributed by atoms with E-state index in [4.69, 9.17) is 9.05 Å². The molecule has 0 aliphatic carbocycles. The molecule has 1 atom stereocenters. The number of hydrogen-bond donors (Lipinski definition) is 0. The molecule has 0 aliphatic rings. The molecule has 0 saturated carbocycles. The van der Waals surface area contributed by atoms with Crippen LogP contribution in [0.3, 0.4) is 0 Å². The van der Waals surface area contributed by atoms with Crippen molar-refractivity contribution < 1.29 is 13.6 Å². The van der Waals surface area contributed by atoms with Gasteiger partial charge in [-0.25, -0.2) is 4.57 Å². The van der Waals surface area contributed by atoms with Gasteiger partial charge in [0.05, 0.1) is 13.2 Å². The van der Waals surface area contributed by atoms with E-state index in [1.54, 1.807) is 0 Å². The Balaban J connectivity index is 3.12. The molecule has 0 spiro atoms. The highest BCUT2D eigenvalue weighted by Gasteiger charge is 2.36. The molecule has 0 saturated heterocycles. The van der Waals surface area contributed by atoms with Crippen molar-refractivity contribution in [2.75, 3.05) is 13.2 Å². The summed E-state index contributed by atoms with van der Waals surface area (Å²) in [7, 11) is -3.34. The van der Waals surface area contributed by atoms with Gasteiger partial charge in [-0.2, -0.15) is 4.67 Å². The van der Waals surface area contributed by atoms with Gasteiger partial charge in [-0.3, -0.25) is 9.05 Å². The summed E-state index contributed by atoms with van der Waals surface area (Å²) in [5.41, 5.74) is 1.07. The highest BCUT2D eigenvalue weighted by molar-refractivity contribution is 7.51. The van der Waals surface area contributed by atoms with E-state index in [-0.39, 0.29) is 6.04 Å². The summed E-state index contributed by atoms with van der Waals surface area (Å²) in [6.45, 7) is 10.9. The van der Waals surface area contributed by atoms with Crippen molar-refractivity contribution in [3.05, 3.63) is 48.6 Å². The highest BCUT2D eigenvalue weighted by atomic mass is 31.2. The van der Waals surface area contributed by atoms with Gasteiger partial charge in [0, 0.05) is 12.6 Å². The second kappa shape index (κ2) is 9.96. The van der Waals surface area contributed by atoms with Gasteiger partial charge in [0.1, 0.15) is 0 Å². The molecule has 124 valence electrons. The number of rotatable bonds is 11. The summed E-state index contributed by atoms with van der Waals surface area (Å²) < 4.78 is 26.1. The number of benzene rings is 1. The molecule has 1 rings (SSSR count). The first-order valence-electron chi connectivity index (χ1n) is 7.93. The van der Waals surface area contributed by atoms with Crippen LogP contribution in [-0.2, 0) is 20.2 Å². The molecule has 0 fully saturated rings. The zero-order valence-corrected chi connectivity index (χ0v) is 14.8. The fourth-order valence-corrected chi connectivity index (χ4v) is 4.29. The first-order chi connectivity index (χ1) is 10.6. The van der Waals surface area contributed by atoms with Crippen molar-refractivity contribution in [2.45, 2.75) is 46.2 Å². The number of nitrogens with zero attached hydrogens (tertiary/aromatic N) is 1. The summed E-state index contributed by atoms with van der Waals surface area (Å²) in [5, 5.41) is 0. The van der Waals surface area contributed by atoms with Gasteiger partial charge in [0.2, 0.25) is 0 Å². The van der Waals surface area contributed by atoms with Gasteiger partial charge in [0.15, 0.2) is 0 Å². The van der Waals surface area contributed by atoms with Crippen LogP contribution in [0.15, 0.2) is 43.0 Å². The van der Waals surface area contributed by atoms with Gasteiger partial charge in [0.25, 0.3) is 0 Å². The molecule has 1 aromatic rings. The first-order valence-corrected chi connectivity index (χ1v) is 9.43. The maximum absolute atomic E-state index is 13.2. The smallest absolute Gasteiger partial charge is 0.297 e. The van der Waals surface area contributed by atoms with E-state index in [2.05, 4.69) is 13.5 Å². The number of hydrogen-bond acceptors (Lipinski definition) is 3. The maximum Gasteiger partial charge on any atom is 0.408 e. The SMILES string of the molecule is C=CC(CCC)N(Cc1ccccc1)P(=O)(OCC)OCC. The van der Waals surface area contributed by atoms with Crippen LogP contribution in [0.2, 0.25) is 0 Å². The van der Waals surface area contributed by atoms with E-state index >= 15 is 0 Å². The molecular weight excluding hydrogens is 297 g/mol. The Hall–Kier alpha value is -0.930. The Kier molecular flexibility index (Phi) is 8.66. The van der Waals surface area contributed by atoms with Gasteiger partial charge >= 0.3 is 7.75 Å². The van der Waals surface area contributed by atoms with Crippen LogP contribution < -0.4 is 0 Å².